The molecule has 1 heterocycles. The van der Waals surface area contributed by atoms with Crippen LogP contribution in [-0.4, -0.2) is 27.6 Å². The molecule has 0 unspecified atom stereocenters. The van der Waals surface area contributed by atoms with Gasteiger partial charge in [-0.25, -0.2) is 4.79 Å². The van der Waals surface area contributed by atoms with Crippen LogP contribution in [0.1, 0.15) is 49.6 Å². The minimum atomic E-state index is -1.01. The first-order chi connectivity index (χ1) is 9.38. The maximum Gasteiger partial charge on any atom is 0.326 e. The highest BCUT2D eigenvalue weighted by molar-refractivity contribution is 6.31. The largest absolute Gasteiger partial charge is 0.480 e. The van der Waals surface area contributed by atoms with E-state index in [1.165, 1.54) is 0 Å². The van der Waals surface area contributed by atoms with Crippen LogP contribution in [0.2, 0.25) is 5.02 Å². The van der Waals surface area contributed by atoms with Crippen LogP contribution in [0.3, 0.4) is 0 Å². The minimum Gasteiger partial charge on any atom is -0.480 e. The summed E-state index contributed by atoms with van der Waals surface area (Å²) in [6, 6.07) is 1.03. The van der Waals surface area contributed by atoms with Crippen molar-refractivity contribution in [1.82, 2.24) is 9.88 Å². The van der Waals surface area contributed by atoms with Gasteiger partial charge in [0.1, 0.15) is 11.7 Å². The van der Waals surface area contributed by atoms with Crippen molar-refractivity contribution in [2.24, 2.45) is 5.92 Å². The van der Waals surface area contributed by atoms with Crippen LogP contribution in [0.5, 0.6) is 0 Å². The van der Waals surface area contributed by atoms with Gasteiger partial charge in [0, 0.05) is 12.2 Å². The number of carboxylic acids is 1. The monoisotopic (exact) mass is 298 g/mol. The Bertz CT molecular complexity index is 520. The smallest absolute Gasteiger partial charge is 0.326 e. The predicted molar refractivity (Wildman–Crippen MR) is 76.1 cm³/mol. The van der Waals surface area contributed by atoms with Gasteiger partial charge in [0.15, 0.2) is 0 Å². The van der Waals surface area contributed by atoms with Crippen LogP contribution in [-0.2, 0) is 4.79 Å². The summed E-state index contributed by atoms with van der Waals surface area (Å²) in [5.41, 5.74) is 0.438. The lowest BCUT2D eigenvalue weighted by Gasteiger charge is -2.17. The summed E-state index contributed by atoms with van der Waals surface area (Å²) in [5, 5.41) is 12.2. The Morgan fingerprint density at radius 1 is 1.50 bits per heavy atom. The highest BCUT2D eigenvalue weighted by atomic mass is 35.5. The summed E-state index contributed by atoms with van der Waals surface area (Å²) in [6.07, 6.45) is 4.19. The van der Waals surface area contributed by atoms with Crippen molar-refractivity contribution in [2.75, 3.05) is 0 Å². The van der Waals surface area contributed by atoms with Gasteiger partial charge in [0.2, 0.25) is 0 Å². The summed E-state index contributed by atoms with van der Waals surface area (Å²) >= 11 is 5.95. The number of aliphatic carboxylic acids is 1. The molecular weight excluding hydrogens is 280 g/mol. The lowest BCUT2D eigenvalue weighted by Crippen LogP contribution is -2.42. The van der Waals surface area contributed by atoms with E-state index in [4.69, 9.17) is 16.7 Å². The van der Waals surface area contributed by atoms with E-state index in [0.717, 1.165) is 12.8 Å². The Morgan fingerprint density at radius 2 is 2.15 bits per heavy atom. The standard InChI is InChI=1S/C14H19ClN2O3/c1-8(2)5-11(14(19)20)16-13(18)12-6-9(15)7-17(12)10-3-4-10/h6-8,10-11H,3-5H2,1-2H3,(H,16,18)(H,19,20)/t11-/m0/s1. The van der Waals surface area contributed by atoms with Crippen molar-refractivity contribution >= 4 is 23.5 Å². The van der Waals surface area contributed by atoms with Crippen molar-refractivity contribution < 1.29 is 14.7 Å². The molecule has 6 heteroatoms. The molecule has 1 aromatic heterocycles. The van der Waals surface area contributed by atoms with Gasteiger partial charge in [-0.3, -0.25) is 4.79 Å². The summed E-state index contributed by atoms with van der Waals surface area (Å²) in [4.78, 5) is 23.4. The van der Waals surface area contributed by atoms with Gasteiger partial charge >= 0.3 is 5.97 Å². The van der Waals surface area contributed by atoms with Crippen LogP contribution < -0.4 is 5.32 Å². The van der Waals surface area contributed by atoms with Gasteiger partial charge < -0.3 is 15.0 Å². The molecule has 0 spiro atoms. The second kappa shape index (κ2) is 5.87. The molecule has 0 bridgehead atoms. The van der Waals surface area contributed by atoms with Crippen LogP contribution >= 0.6 is 11.6 Å². The third-order valence-corrected chi connectivity index (χ3v) is 3.51. The number of nitrogens with one attached hydrogen (secondary N) is 1. The van der Waals surface area contributed by atoms with E-state index in [9.17, 15) is 9.59 Å². The highest BCUT2D eigenvalue weighted by Crippen LogP contribution is 2.37. The molecule has 1 atom stereocenters. The third-order valence-electron chi connectivity index (χ3n) is 3.30. The van der Waals surface area contributed by atoms with E-state index in [0.29, 0.717) is 23.2 Å². The van der Waals surface area contributed by atoms with Crippen LogP contribution in [0.15, 0.2) is 12.3 Å². The first-order valence-electron chi connectivity index (χ1n) is 6.79. The quantitative estimate of drug-likeness (QED) is 0.848. The number of carboxylic acid groups (broad SMARTS) is 1. The van der Waals surface area contributed by atoms with E-state index in [-0.39, 0.29) is 11.8 Å². The molecule has 0 saturated heterocycles. The Morgan fingerprint density at radius 3 is 2.65 bits per heavy atom. The van der Waals surface area contributed by atoms with E-state index in [1.807, 2.05) is 18.4 Å². The minimum absolute atomic E-state index is 0.190. The van der Waals surface area contributed by atoms with Crippen molar-refractivity contribution in [3.63, 3.8) is 0 Å². The van der Waals surface area contributed by atoms with Crippen molar-refractivity contribution in [1.29, 1.82) is 0 Å². The molecule has 0 aliphatic heterocycles. The van der Waals surface area contributed by atoms with Crippen LogP contribution in [0.25, 0.3) is 0 Å². The van der Waals surface area contributed by atoms with Crippen molar-refractivity contribution in [2.45, 2.75) is 45.2 Å². The second-order valence-corrected chi connectivity index (χ2v) is 6.11. The van der Waals surface area contributed by atoms with E-state index < -0.39 is 12.0 Å². The molecule has 2 N–H and O–H groups in total. The van der Waals surface area contributed by atoms with Gasteiger partial charge in [-0.15, -0.1) is 0 Å². The van der Waals surface area contributed by atoms with E-state index in [1.54, 1.807) is 12.3 Å². The van der Waals surface area contributed by atoms with Crippen LogP contribution in [0.4, 0.5) is 0 Å². The molecule has 2 rings (SSSR count). The fraction of sp³-hybridized carbons (Fsp3) is 0.571. The molecule has 20 heavy (non-hydrogen) atoms. The number of aromatic nitrogens is 1. The number of carbonyl (C=O) groups is 2. The molecule has 0 aromatic carbocycles. The number of amides is 1. The maximum absolute atomic E-state index is 12.3. The Kier molecular flexibility index (Phi) is 4.38. The number of nitrogens with zero attached hydrogens (tertiary/aromatic N) is 1. The van der Waals surface area contributed by atoms with Gasteiger partial charge in [-0.1, -0.05) is 25.4 Å². The van der Waals surface area contributed by atoms with Gasteiger partial charge in [0.05, 0.1) is 5.02 Å². The first kappa shape index (κ1) is 14.9. The topological polar surface area (TPSA) is 71.3 Å². The number of hydrogen-bond acceptors (Lipinski definition) is 2. The van der Waals surface area contributed by atoms with Crippen LogP contribution in [0, 0.1) is 5.92 Å². The number of hydrogen-bond donors (Lipinski definition) is 2. The van der Waals surface area contributed by atoms with E-state index >= 15 is 0 Å². The SMILES string of the molecule is CC(C)C[C@H](NC(=O)c1cc(Cl)cn1C1CC1)C(=O)O. The molecule has 1 aliphatic rings. The fourth-order valence-corrected chi connectivity index (χ4v) is 2.42. The zero-order valence-electron chi connectivity index (χ0n) is 11.6. The van der Waals surface area contributed by atoms with Gasteiger partial charge in [0.25, 0.3) is 5.91 Å². The summed E-state index contributed by atoms with van der Waals surface area (Å²) in [7, 11) is 0. The van der Waals surface area contributed by atoms with Crippen molar-refractivity contribution in [3.8, 4) is 0 Å². The Hall–Kier alpha value is -1.49. The molecule has 5 nitrogen and oxygen atoms in total. The second-order valence-electron chi connectivity index (χ2n) is 5.68. The van der Waals surface area contributed by atoms with Gasteiger partial charge in [-0.05, 0) is 31.2 Å². The Balaban J connectivity index is 2.12. The summed E-state index contributed by atoms with van der Waals surface area (Å²) < 4.78 is 1.84. The Labute approximate surface area is 122 Å². The third kappa shape index (κ3) is 3.54. The zero-order chi connectivity index (χ0) is 14.9. The fourth-order valence-electron chi connectivity index (χ4n) is 2.21. The lowest BCUT2D eigenvalue weighted by molar-refractivity contribution is -0.139. The maximum atomic E-state index is 12.3. The number of carbonyl (C=O) groups excluding carboxylic acids is 1. The molecule has 1 amide bonds. The molecule has 1 fully saturated rings. The predicted octanol–water partition coefficient (Wildman–Crippen LogP) is 2.71. The molecular formula is C14H19ClN2O3. The van der Waals surface area contributed by atoms with Gasteiger partial charge in [-0.2, -0.15) is 0 Å². The molecule has 1 aromatic rings. The molecule has 1 aliphatic carbocycles. The number of halogens is 1. The van der Waals surface area contributed by atoms with Crippen molar-refractivity contribution in [3.05, 3.63) is 23.0 Å². The first-order valence-corrected chi connectivity index (χ1v) is 7.17. The molecule has 110 valence electrons. The lowest BCUT2D eigenvalue weighted by atomic mass is 10.0. The normalized spacial score (nSPS) is 16.2. The summed E-state index contributed by atoms with van der Waals surface area (Å²) in [5.74, 6) is -1.20. The highest BCUT2D eigenvalue weighted by Gasteiger charge is 2.29. The average Bonchev–Trinajstić information content (AvgIpc) is 3.10. The zero-order valence-corrected chi connectivity index (χ0v) is 12.4. The average molecular weight is 299 g/mol. The van der Waals surface area contributed by atoms with E-state index in [2.05, 4.69) is 5.32 Å². The molecule has 1 saturated carbocycles. The molecule has 0 radical (unpaired) electrons. The number of rotatable bonds is 6. The summed E-state index contributed by atoms with van der Waals surface area (Å²) in [6.45, 7) is 3.84.